The van der Waals surface area contributed by atoms with Crippen LogP contribution in [0.3, 0.4) is 0 Å². The van der Waals surface area contributed by atoms with Gasteiger partial charge in [0.1, 0.15) is 0 Å². The fraction of sp³-hybridized carbons (Fsp3) is 0.294. The van der Waals surface area contributed by atoms with Crippen molar-refractivity contribution in [2.75, 3.05) is 13.2 Å². The first kappa shape index (κ1) is 12.9. The molecule has 3 nitrogen and oxygen atoms in total. The quantitative estimate of drug-likeness (QED) is 0.694. The lowest BCUT2D eigenvalue weighted by Crippen LogP contribution is -2.47. The molecular weight excluding hydrogens is 261 g/mol. The van der Waals surface area contributed by atoms with Gasteiger partial charge in [-0.1, -0.05) is 44.2 Å². The zero-order chi connectivity index (χ0) is 14.4. The maximum atomic E-state index is 5.88. The molecule has 1 aliphatic heterocycles. The second kappa shape index (κ2) is 4.62. The van der Waals surface area contributed by atoms with E-state index in [1.807, 2.05) is 6.07 Å². The summed E-state index contributed by atoms with van der Waals surface area (Å²) < 4.78 is 11.8. The first-order valence-corrected chi connectivity index (χ1v) is 7.36. The van der Waals surface area contributed by atoms with Crippen LogP contribution < -0.4 is 5.46 Å². The van der Waals surface area contributed by atoms with Crippen molar-refractivity contribution in [1.82, 2.24) is 4.98 Å². The summed E-state index contributed by atoms with van der Waals surface area (Å²) in [6.45, 7) is 5.77. The smallest absolute Gasteiger partial charge is 0.407 e. The van der Waals surface area contributed by atoms with E-state index in [-0.39, 0.29) is 12.5 Å². The van der Waals surface area contributed by atoms with Crippen LogP contribution in [0, 0.1) is 5.41 Å². The Bertz CT molecular complexity index is 799. The first-order chi connectivity index (χ1) is 10.1. The lowest BCUT2D eigenvalue weighted by Gasteiger charge is -2.33. The Morgan fingerprint density at radius 1 is 0.952 bits per heavy atom. The van der Waals surface area contributed by atoms with Crippen LogP contribution in [0.1, 0.15) is 13.8 Å². The van der Waals surface area contributed by atoms with Crippen molar-refractivity contribution < 1.29 is 9.31 Å². The minimum Gasteiger partial charge on any atom is -0.407 e. The van der Waals surface area contributed by atoms with Gasteiger partial charge in [0.2, 0.25) is 0 Å². The molecule has 0 spiro atoms. The molecule has 1 fully saturated rings. The molecule has 0 unspecified atom stereocenters. The van der Waals surface area contributed by atoms with Crippen LogP contribution in [0.5, 0.6) is 0 Å². The van der Waals surface area contributed by atoms with Crippen LogP contribution in [0.25, 0.3) is 21.8 Å². The van der Waals surface area contributed by atoms with Gasteiger partial charge in [0, 0.05) is 40.4 Å². The molecule has 0 aliphatic carbocycles. The highest BCUT2D eigenvalue weighted by Gasteiger charge is 2.33. The summed E-state index contributed by atoms with van der Waals surface area (Å²) in [5, 5.41) is 2.46. The second-order valence-electron chi connectivity index (χ2n) is 6.59. The lowest BCUT2D eigenvalue weighted by molar-refractivity contribution is 0.0343. The highest BCUT2D eigenvalue weighted by molar-refractivity contribution is 6.61. The van der Waals surface area contributed by atoms with E-state index in [4.69, 9.17) is 9.31 Å². The van der Waals surface area contributed by atoms with Gasteiger partial charge >= 0.3 is 7.12 Å². The van der Waals surface area contributed by atoms with Gasteiger partial charge < -0.3 is 14.3 Å². The normalized spacial score (nSPS) is 18.5. The van der Waals surface area contributed by atoms with E-state index in [1.165, 1.54) is 10.8 Å². The third-order valence-electron chi connectivity index (χ3n) is 4.05. The predicted octanol–water partition coefficient (Wildman–Crippen LogP) is 3.09. The van der Waals surface area contributed by atoms with Crippen molar-refractivity contribution in [3.8, 4) is 0 Å². The molecule has 1 N–H and O–H groups in total. The number of benzene rings is 2. The molecule has 0 atom stereocenters. The average Bonchev–Trinajstić information content (AvgIpc) is 2.85. The third-order valence-corrected chi connectivity index (χ3v) is 4.05. The maximum absolute atomic E-state index is 5.88. The summed E-state index contributed by atoms with van der Waals surface area (Å²) in [5.74, 6) is 0. The van der Waals surface area contributed by atoms with Crippen molar-refractivity contribution in [2.24, 2.45) is 5.41 Å². The number of para-hydroxylation sites is 1. The predicted molar refractivity (Wildman–Crippen MR) is 86.9 cm³/mol. The van der Waals surface area contributed by atoms with Crippen LogP contribution in [0.2, 0.25) is 0 Å². The molecular formula is C17H18BNO2. The molecule has 21 heavy (non-hydrogen) atoms. The maximum Gasteiger partial charge on any atom is 0.493 e. The number of hydrogen-bond acceptors (Lipinski definition) is 2. The fourth-order valence-corrected chi connectivity index (χ4v) is 2.90. The van der Waals surface area contributed by atoms with Crippen molar-refractivity contribution in [3.05, 3.63) is 42.5 Å². The van der Waals surface area contributed by atoms with Crippen molar-refractivity contribution in [2.45, 2.75) is 13.8 Å². The number of fused-ring (bicyclic) bond motifs is 3. The average molecular weight is 279 g/mol. The first-order valence-electron chi connectivity index (χ1n) is 7.36. The molecule has 2 aromatic carbocycles. The fourth-order valence-electron chi connectivity index (χ4n) is 2.90. The van der Waals surface area contributed by atoms with E-state index in [1.54, 1.807) is 0 Å². The van der Waals surface area contributed by atoms with Gasteiger partial charge in [0.05, 0.1) is 0 Å². The molecule has 0 saturated carbocycles. The van der Waals surface area contributed by atoms with E-state index in [9.17, 15) is 0 Å². The molecule has 0 amide bonds. The number of nitrogens with one attached hydrogen (secondary N) is 1. The van der Waals surface area contributed by atoms with Crippen LogP contribution in [-0.2, 0) is 9.31 Å². The largest absolute Gasteiger partial charge is 0.493 e. The summed E-state index contributed by atoms with van der Waals surface area (Å²) >= 11 is 0. The molecule has 0 radical (unpaired) electrons. The van der Waals surface area contributed by atoms with Crippen molar-refractivity contribution in [3.63, 3.8) is 0 Å². The summed E-state index contributed by atoms with van der Waals surface area (Å²) in [5.41, 5.74) is 3.50. The molecule has 106 valence electrons. The molecule has 0 bridgehead atoms. The van der Waals surface area contributed by atoms with E-state index in [2.05, 4.69) is 55.2 Å². The minimum absolute atomic E-state index is 0.0986. The molecule has 3 aromatic rings. The molecule has 4 heteroatoms. The highest BCUT2D eigenvalue weighted by Crippen LogP contribution is 2.25. The van der Waals surface area contributed by atoms with Crippen LogP contribution >= 0.6 is 0 Å². The number of aromatic amines is 1. The molecule has 4 rings (SSSR count). The topological polar surface area (TPSA) is 34.2 Å². The van der Waals surface area contributed by atoms with E-state index < -0.39 is 0 Å². The Labute approximate surface area is 124 Å². The number of H-pyrrole nitrogens is 1. The van der Waals surface area contributed by atoms with Crippen LogP contribution in [0.4, 0.5) is 0 Å². The Kier molecular flexibility index (Phi) is 2.84. The zero-order valence-electron chi connectivity index (χ0n) is 12.3. The summed E-state index contributed by atoms with van der Waals surface area (Å²) in [4.78, 5) is 3.44. The van der Waals surface area contributed by atoms with E-state index >= 15 is 0 Å². The SMILES string of the molecule is CC1(C)COB(c2ccc3[nH]c4ccccc4c3c2)OC1. The Morgan fingerprint density at radius 2 is 1.67 bits per heavy atom. The van der Waals surface area contributed by atoms with Gasteiger partial charge in [-0.05, 0) is 17.6 Å². The van der Waals surface area contributed by atoms with E-state index in [0.29, 0.717) is 0 Å². The second-order valence-corrected chi connectivity index (χ2v) is 6.59. The molecule has 1 saturated heterocycles. The lowest BCUT2D eigenvalue weighted by atomic mass is 9.75. The van der Waals surface area contributed by atoms with Gasteiger partial charge in [-0.25, -0.2) is 0 Å². The van der Waals surface area contributed by atoms with Gasteiger partial charge in [-0.3, -0.25) is 0 Å². The minimum atomic E-state index is -0.254. The van der Waals surface area contributed by atoms with Gasteiger partial charge in [0.15, 0.2) is 0 Å². The van der Waals surface area contributed by atoms with Gasteiger partial charge in [-0.15, -0.1) is 0 Å². The van der Waals surface area contributed by atoms with Crippen molar-refractivity contribution in [1.29, 1.82) is 0 Å². The number of hydrogen-bond donors (Lipinski definition) is 1. The summed E-state index contributed by atoms with van der Waals surface area (Å²) in [6.07, 6.45) is 0. The van der Waals surface area contributed by atoms with Gasteiger partial charge in [0.25, 0.3) is 0 Å². The Balaban J connectivity index is 1.75. The molecule has 1 aromatic heterocycles. The Hall–Kier alpha value is -1.78. The van der Waals surface area contributed by atoms with Crippen LogP contribution in [0.15, 0.2) is 42.5 Å². The zero-order valence-corrected chi connectivity index (χ0v) is 12.3. The molecule has 2 heterocycles. The van der Waals surface area contributed by atoms with E-state index in [0.717, 1.165) is 29.7 Å². The number of aromatic nitrogens is 1. The summed E-state index contributed by atoms with van der Waals surface area (Å²) in [7, 11) is -0.254. The molecule has 1 aliphatic rings. The van der Waals surface area contributed by atoms with Gasteiger partial charge in [-0.2, -0.15) is 0 Å². The monoisotopic (exact) mass is 279 g/mol. The van der Waals surface area contributed by atoms with Crippen LogP contribution in [-0.4, -0.2) is 25.3 Å². The Morgan fingerprint density at radius 3 is 2.48 bits per heavy atom. The number of rotatable bonds is 1. The summed E-state index contributed by atoms with van der Waals surface area (Å²) in [6, 6.07) is 14.7. The van der Waals surface area contributed by atoms with Crippen molar-refractivity contribution >= 4 is 34.4 Å². The third kappa shape index (κ3) is 2.25. The highest BCUT2D eigenvalue weighted by atomic mass is 16.6. The standard InChI is InChI=1S/C17H18BNO2/c1-17(2)10-20-18(21-11-17)12-7-8-16-14(9-12)13-5-3-4-6-15(13)19-16/h3-9,19H,10-11H2,1-2H3.